The molecule has 32 heavy (non-hydrogen) atoms. The molecule has 1 aromatic carbocycles. The highest BCUT2D eigenvalue weighted by Gasteiger charge is 2.84. The molecule has 3 heterocycles. The molecule has 8 heteroatoms. The van der Waals surface area contributed by atoms with E-state index in [4.69, 9.17) is 14.2 Å². The molecule has 0 N–H and O–H groups in total. The van der Waals surface area contributed by atoms with Crippen LogP contribution in [0.2, 0.25) is 0 Å². The van der Waals surface area contributed by atoms with Gasteiger partial charge in [-0.2, -0.15) is 0 Å². The number of methoxy groups -OCH3 is 3. The molecule has 6 rings (SSSR count). The molecule has 1 spiro atoms. The molecule has 0 unspecified atom stereocenters. The van der Waals surface area contributed by atoms with Crippen LogP contribution in [0.15, 0.2) is 18.2 Å². The van der Waals surface area contributed by atoms with Gasteiger partial charge in [0, 0.05) is 24.9 Å². The van der Waals surface area contributed by atoms with Crippen LogP contribution in [0, 0.1) is 11.3 Å². The molecule has 3 aliphatic heterocycles. The zero-order chi connectivity index (χ0) is 22.5. The topological polar surface area (TPSA) is 85.4 Å². The third-order valence-corrected chi connectivity index (χ3v) is 9.20. The van der Waals surface area contributed by atoms with Gasteiger partial charge in [0.25, 0.3) is 0 Å². The number of hydrogen-bond donors (Lipinski definition) is 0. The highest BCUT2D eigenvalue weighted by Crippen LogP contribution is 2.74. The summed E-state index contributed by atoms with van der Waals surface area (Å²) in [6, 6.07) is 5.63. The van der Waals surface area contributed by atoms with Crippen LogP contribution in [-0.4, -0.2) is 68.7 Å². The van der Waals surface area contributed by atoms with Crippen LogP contribution < -0.4 is 9.64 Å². The Kier molecular flexibility index (Phi) is 3.91. The predicted molar refractivity (Wildman–Crippen MR) is 114 cm³/mol. The van der Waals surface area contributed by atoms with E-state index < -0.39 is 28.9 Å². The number of benzene rings is 1. The summed E-state index contributed by atoms with van der Waals surface area (Å²) in [5.74, 6) is -0.189. The second-order valence-corrected chi connectivity index (χ2v) is 9.94. The van der Waals surface area contributed by atoms with Crippen molar-refractivity contribution in [3.05, 3.63) is 23.8 Å². The van der Waals surface area contributed by atoms with E-state index in [-0.39, 0.29) is 17.2 Å². The van der Waals surface area contributed by atoms with Crippen LogP contribution in [0.4, 0.5) is 10.5 Å². The third kappa shape index (κ3) is 1.86. The molecule has 4 fully saturated rings. The summed E-state index contributed by atoms with van der Waals surface area (Å²) < 4.78 is 16.4. The standard InChI is InChI=1S/C24H28N2O6/c1-30-17-7-4-6-14-18(17)26(21(29)32-3)23(20(28)31-2)10-9-22-8-5-11-25-13-15(16(27)12-22)24(14,23)19(22)25/h4,6-7,15,19H,5,8-13H2,1-3H3/t15-,19+,22-,23-,24-/m1/s1. The Morgan fingerprint density at radius 1 is 1.09 bits per heavy atom. The first-order valence-electron chi connectivity index (χ1n) is 11.3. The Balaban J connectivity index is 1.76. The van der Waals surface area contributed by atoms with Gasteiger partial charge in [0.15, 0.2) is 5.54 Å². The molecule has 5 aliphatic rings. The van der Waals surface area contributed by atoms with Crippen molar-refractivity contribution in [3.8, 4) is 5.75 Å². The number of fused-ring (bicyclic) bond motifs is 1. The molecule has 4 bridgehead atoms. The van der Waals surface area contributed by atoms with Crippen molar-refractivity contribution in [2.75, 3.05) is 39.3 Å². The maximum Gasteiger partial charge on any atom is 0.415 e. The Labute approximate surface area is 186 Å². The van der Waals surface area contributed by atoms with Gasteiger partial charge >= 0.3 is 12.1 Å². The number of esters is 1. The lowest BCUT2D eigenvalue weighted by atomic mass is 9.41. The van der Waals surface area contributed by atoms with Gasteiger partial charge in [-0.25, -0.2) is 9.59 Å². The van der Waals surface area contributed by atoms with Crippen molar-refractivity contribution in [2.24, 2.45) is 11.3 Å². The normalized spacial score (nSPS) is 38.7. The van der Waals surface area contributed by atoms with Crippen LogP contribution in [0.1, 0.15) is 37.7 Å². The number of amides is 1. The van der Waals surface area contributed by atoms with Crippen molar-refractivity contribution >= 4 is 23.5 Å². The van der Waals surface area contributed by atoms with Gasteiger partial charge < -0.3 is 14.2 Å². The van der Waals surface area contributed by atoms with Crippen LogP contribution >= 0.6 is 0 Å². The molecular weight excluding hydrogens is 412 g/mol. The second-order valence-electron chi connectivity index (χ2n) is 9.94. The lowest BCUT2D eigenvalue weighted by Gasteiger charge is -2.64. The molecule has 170 valence electrons. The highest BCUT2D eigenvalue weighted by atomic mass is 16.6. The van der Waals surface area contributed by atoms with E-state index >= 15 is 0 Å². The number of ketones is 1. The Morgan fingerprint density at radius 3 is 2.62 bits per heavy atom. The highest BCUT2D eigenvalue weighted by molar-refractivity contribution is 6.08. The van der Waals surface area contributed by atoms with E-state index in [1.165, 1.54) is 19.1 Å². The van der Waals surface area contributed by atoms with Crippen molar-refractivity contribution in [1.29, 1.82) is 0 Å². The van der Waals surface area contributed by atoms with Crippen LogP contribution in [0.25, 0.3) is 0 Å². The van der Waals surface area contributed by atoms with E-state index in [0.717, 1.165) is 24.9 Å². The van der Waals surface area contributed by atoms with Gasteiger partial charge in [-0.15, -0.1) is 0 Å². The van der Waals surface area contributed by atoms with Gasteiger partial charge in [-0.3, -0.25) is 14.6 Å². The van der Waals surface area contributed by atoms with E-state index in [1.54, 1.807) is 13.2 Å². The fourth-order valence-electron chi connectivity index (χ4n) is 8.50. The summed E-state index contributed by atoms with van der Waals surface area (Å²) in [6.07, 6.45) is 3.04. The minimum absolute atomic E-state index is 0.0141. The zero-order valence-corrected chi connectivity index (χ0v) is 18.7. The molecule has 2 saturated heterocycles. The number of para-hydroxylation sites is 1. The van der Waals surface area contributed by atoms with Gasteiger partial charge in [0.1, 0.15) is 11.5 Å². The first kappa shape index (κ1) is 20.0. The summed E-state index contributed by atoms with van der Waals surface area (Å²) in [5, 5.41) is 0. The minimum Gasteiger partial charge on any atom is -0.495 e. The minimum atomic E-state index is -1.35. The van der Waals surface area contributed by atoms with E-state index in [1.807, 2.05) is 12.1 Å². The lowest BCUT2D eigenvalue weighted by Crippen LogP contribution is -2.78. The maximum absolute atomic E-state index is 13.9. The summed E-state index contributed by atoms with van der Waals surface area (Å²) >= 11 is 0. The fourth-order valence-corrected chi connectivity index (χ4v) is 8.50. The number of carbonyl (C=O) groups excluding carboxylic acids is 3. The molecule has 1 aromatic rings. The van der Waals surface area contributed by atoms with E-state index in [9.17, 15) is 14.4 Å². The number of hydrogen-bond acceptors (Lipinski definition) is 7. The van der Waals surface area contributed by atoms with Gasteiger partial charge in [0.2, 0.25) is 0 Å². The quantitative estimate of drug-likeness (QED) is 0.652. The number of Topliss-reactive ketones (excluding diaryl/α,β-unsaturated/α-hetero) is 1. The third-order valence-electron chi connectivity index (χ3n) is 9.20. The summed E-state index contributed by atoms with van der Waals surface area (Å²) in [6.45, 7) is 1.50. The number of piperidine rings is 1. The zero-order valence-electron chi connectivity index (χ0n) is 18.7. The number of anilines is 1. The van der Waals surface area contributed by atoms with Crippen LogP contribution in [-0.2, 0) is 24.5 Å². The smallest absolute Gasteiger partial charge is 0.415 e. The number of rotatable bonds is 2. The fraction of sp³-hybridized carbons (Fsp3) is 0.625. The predicted octanol–water partition coefficient (Wildman–Crippen LogP) is 2.28. The van der Waals surface area contributed by atoms with Gasteiger partial charge in [-0.1, -0.05) is 12.1 Å². The Bertz CT molecular complexity index is 1060. The van der Waals surface area contributed by atoms with Crippen LogP contribution in [0.3, 0.4) is 0 Å². The van der Waals surface area contributed by atoms with E-state index in [0.29, 0.717) is 37.2 Å². The van der Waals surface area contributed by atoms with Crippen molar-refractivity contribution in [3.63, 3.8) is 0 Å². The average Bonchev–Trinajstić information content (AvgIpc) is 3.28. The monoisotopic (exact) mass is 440 g/mol. The largest absolute Gasteiger partial charge is 0.495 e. The van der Waals surface area contributed by atoms with Crippen molar-refractivity contribution < 1.29 is 28.6 Å². The molecular formula is C24H28N2O6. The average molecular weight is 440 g/mol. The molecule has 0 aromatic heterocycles. The number of carbonyl (C=O) groups is 3. The second kappa shape index (κ2) is 6.25. The molecule has 1 amide bonds. The molecule has 8 nitrogen and oxygen atoms in total. The number of nitrogens with zero attached hydrogens (tertiary/aromatic N) is 2. The summed E-state index contributed by atoms with van der Waals surface area (Å²) in [5.41, 5.74) is -1.05. The molecule has 2 saturated carbocycles. The number of ether oxygens (including phenoxy) is 3. The Hall–Kier alpha value is -2.61. The molecule has 5 atom stereocenters. The van der Waals surface area contributed by atoms with Crippen molar-refractivity contribution in [1.82, 2.24) is 4.90 Å². The van der Waals surface area contributed by atoms with E-state index in [2.05, 4.69) is 4.90 Å². The summed E-state index contributed by atoms with van der Waals surface area (Å²) in [4.78, 5) is 44.9. The molecule has 0 radical (unpaired) electrons. The van der Waals surface area contributed by atoms with Gasteiger partial charge in [-0.05, 0) is 49.3 Å². The van der Waals surface area contributed by atoms with Gasteiger partial charge in [0.05, 0.1) is 32.4 Å². The van der Waals surface area contributed by atoms with Crippen molar-refractivity contribution in [2.45, 2.75) is 49.1 Å². The SMILES string of the molecule is COC(=O)N1c2c(OC)cccc2[C@]23[C@@H]4CN5CCC[C@@](CC[C@]12C(=O)OC)(CC4=O)[C@H]53. The van der Waals surface area contributed by atoms with Crippen LogP contribution in [0.5, 0.6) is 5.75 Å². The molecule has 2 aliphatic carbocycles. The first-order chi connectivity index (χ1) is 15.4. The summed E-state index contributed by atoms with van der Waals surface area (Å²) in [7, 11) is 4.23. The Morgan fingerprint density at radius 2 is 1.91 bits per heavy atom. The first-order valence-corrected chi connectivity index (χ1v) is 11.3. The maximum atomic E-state index is 13.9. The lowest BCUT2D eigenvalue weighted by molar-refractivity contribution is -0.166.